The Bertz CT molecular complexity index is 769. The van der Waals surface area contributed by atoms with Crippen molar-refractivity contribution in [2.75, 3.05) is 10.5 Å². The van der Waals surface area contributed by atoms with Gasteiger partial charge in [-0.15, -0.1) is 11.3 Å². The van der Waals surface area contributed by atoms with Gasteiger partial charge in [-0.3, -0.25) is 4.72 Å². The first-order valence-electron chi connectivity index (χ1n) is 5.33. The molecular formula is C11H8F4N2O2S2. The minimum absolute atomic E-state index is 0.185. The van der Waals surface area contributed by atoms with Crippen LogP contribution >= 0.6 is 11.3 Å². The summed E-state index contributed by atoms with van der Waals surface area (Å²) in [4.78, 5) is 0. The molecular weight excluding hydrogens is 332 g/mol. The number of nitrogen functional groups attached to an aromatic ring is 1. The van der Waals surface area contributed by atoms with Gasteiger partial charge < -0.3 is 5.73 Å². The molecule has 0 aliphatic heterocycles. The van der Waals surface area contributed by atoms with Crippen molar-refractivity contribution >= 4 is 32.7 Å². The number of alkyl halides is 3. The summed E-state index contributed by atoms with van der Waals surface area (Å²) in [6.07, 6.45) is -4.71. The van der Waals surface area contributed by atoms with E-state index in [2.05, 4.69) is 0 Å². The van der Waals surface area contributed by atoms with Gasteiger partial charge in [0.15, 0.2) is 0 Å². The Morgan fingerprint density at radius 3 is 2.38 bits per heavy atom. The van der Waals surface area contributed by atoms with E-state index < -0.39 is 33.3 Å². The van der Waals surface area contributed by atoms with Gasteiger partial charge in [-0.2, -0.15) is 13.2 Å². The molecule has 1 aromatic carbocycles. The Hall–Kier alpha value is -1.81. The van der Waals surface area contributed by atoms with Crippen molar-refractivity contribution in [3.05, 3.63) is 41.0 Å². The standard InChI is InChI=1S/C11H8F4N2O2S2/c12-8-2-1-6(11(13,14)15)3-9(8)17-21(18,19)10-4-7(16)5-20-10/h1-5,17H,16H2. The highest BCUT2D eigenvalue weighted by Gasteiger charge is 2.31. The Morgan fingerprint density at radius 2 is 1.86 bits per heavy atom. The molecule has 10 heteroatoms. The monoisotopic (exact) mass is 340 g/mol. The highest BCUT2D eigenvalue weighted by molar-refractivity contribution is 7.94. The SMILES string of the molecule is Nc1csc(S(=O)(=O)Nc2cc(C(F)(F)F)ccc2F)c1. The third kappa shape index (κ3) is 3.45. The highest BCUT2D eigenvalue weighted by Crippen LogP contribution is 2.33. The zero-order chi connectivity index (χ0) is 15.8. The molecule has 0 amide bonds. The fourth-order valence-corrected chi connectivity index (χ4v) is 3.58. The van der Waals surface area contributed by atoms with Crippen LogP contribution in [0.2, 0.25) is 0 Å². The molecule has 0 aliphatic carbocycles. The largest absolute Gasteiger partial charge is 0.416 e. The lowest BCUT2D eigenvalue weighted by Crippen LogP contribution is -2.14. The molecule has 0 aliphatic rings. The maximum absolute atomic E-state index is 13.5. The number of thiophene rings is 1. The van der Waals surface area contributed by atoms with Crippen molar-refractivity contribution in [1.82, 2.24) is 0 Å². The fourth-order valence-electron chi connectivity index (χ4n) is 1.45. The van der Waals surface area contributed by atoms with Crippen molar-refractivity contribution in [3.8, 4) is 0 Å². The van der Waals surface area contributed by atoms with E-state index in [1.807, 2.05) is 0 Å². The van der Waals surface area contributed by atoms with Crippen molar-refractivity contribution in [2.45, 2.75) is 10.4 Å². The number of hydrogen-bond donors (Lipinski definition) is 2. The quantitative estimate of drug-likeness (QED) is 0.842. The van der Waals surface area contributed by atoms with Gasteiger partial charge in [0.25, 0.3) is 10.0 Å². The molecule has 0 unspecified atom stereocenters. The van der Waals surface area contributed by atoms with E-state index in [0.29, 0.717) is 18.2 Å². The molecule has 1 heterocycles. The summed E-state index contributed by atoms with van der Waals surface area (Å²) in [7, 11) is -4.20. The molecule has 21 heavy (non-hydrogen) atoms. The molecule has 0 saturated carbocycles. The van der Waals surface area contributed by atoms with Crippen LogP contribution in [-0.4, -0.2) is 8.42 Å². The summed E-state index contributed by atoms with van der Waals surface area (Å²) < 4.78 is 76.5. The summed E-state index contributed by atoms with van der Waals surface area (Å²) in [6.45, 7) is 0. The van der Waals surface area contributed by atoms with Gasteiger partial charge >= 0.3 is 6.18 Å². The number of nitrogens with one attached hydrogen (secondary N) is 1. The van der Waals surface area contributed by atoms with Crippen LogP contribution in [0.4, 0.5) is 28.9 Å². The van der Waals surface area contributed by atoms with Crippen molar-refractivity contribution in [3.63, 3.8) is 0 Å². The topological polar surface area (TPSA) is 72.2 Å². The van der Waals surface area contributed by atoms with E-state index in [1.165, 1.54) is 5.38 Å². The maximum atomic E-state index is 13.5. The minimum atomic E-state index is -4.71. The van der Waals surface area contributed by atoms with E-state index in [-0.39, 0.29) is 9.90 Å². The number of hydrogen-bond acceptors (Lipinski definition) is 4. The third-order valence-electron chi connectivity index (χ3n) is 2.40. The van der Waals surface area contributed by atoms with E-state index in [1.54, 1.807) is 4.72 Å². The molecule has 0 radical (unpaired) electrons. The average Bonchev–Trinajstić information content (AvgIpc) is 2.78. The molecule has 2 rings (SSSR count). The van der Waals surface area contributed by atoms with E-state index in [0.717, 1.165) is 17.4 Å². The predicted molar refractivity (Wildman–Crippen MR) is 70.9 cm³/mol. The molecule has 4 nitrogen and oxygen atoms in total. The lowest BCUT2D eigenvalue weighted by Gasteiger charge is -2.11. The van der Waals surface area contributed by atoms with Gasteiger partial charge in [0, 0.05) is 11.1 Å². The fraction of sp³-hybridized carbons (Fsp3) is 0.0909. The average molecular weight is 340 g/mol. The lowest BCUT2D eigenvalue weighted by atomic mass is 10.2. The maximum Gasteiger partial charge on any atom is 0.416 e. The molecule has 0 saturated heterocycles. The predicted octanol–water partition coefficient (Wildman–Crippen LogP) is 3.29. The molecule has 0 spiro atoms. The van der Waals surface area contributed by atoms with Crippen LogP contribution in [0.3, 0.4) is 0 Å². The van der Waals surface area contributed by atoms with Gasteiger partial charge in [-0.1, -0.05) is 0 Å². The Labute approximate surface area is 121 Å². The van der Waals surface area contributed by atoms with Crippen LogP contribution in [0.1, 0.15) is 5.56 Å². The van der Waals surface area contributed by atoms with E-state index in [4.69, 9.17) is 5.73 Å². The summed E-state index contributed by atoms with van der Waals surface area (Å²) in [5, 5.41) is 1.34. The number of anilines is 2. The second kappa shape index (κ2) is 5.19. The van der Waals surface area contributed by atoms with Crippen molar-refractivity contribution in [1.29, 1.82) is 0 Å². The van der Waals surface area contributed by atoms with Gasteiger partial charge in [0.2, 0.25) is 0 Å². The molecule has 1 aromatic heterocycles. The van der Waals surface area contributed by atoms with Crippen LogP contribution in [0, 0.1) is 5.82 Å². The van der Waals surface area contributed by atoms with Crippen LogP contribution in [0.25, 0.3) is 0 Å². The normalized spacial score (nSPS) is 12.4. The number of benzene rings is 1. The second-order valence-electron chi connectivity index (χ2n) is 4.00. The summed E-state index contributed by atoms with van der Waals surface area (Å²) in [5.41, 5.74) is 3.62. The van der Waals surface area contributed by atoms with E-state index in [9.17, 15) is 26.0 Å². The zero-order valence-corrected chi connectivity index (χ0v) is 11.7. The van der Waals surface area contributed by atoms with Crippen LogP contribution in [0.5, 0.6) is 0 Å². The Kier molecular flexibility index (Phi) is 3.85. The first-order chi connectivity index (χ1) is 9.59. The van der Waals surface area contributed by atoms with Gasteiger partial charge in [0.1, 0.15) is 10.0 Å². The summed E-state index contributed by atoms with van der Waals surface area (Å²) in [6, 6.07) is 2.59. The number of sulfonamides is 1. The summed E-state index contributed by atoms with van der Waals surface area (Å²) in [5.74, 6) is -1.11. The van der Waals surface area contributed by atoms with E-state index >= 15 is 0 Å². The van der Waals surface area contributed by atoms with Crippen molar-refractivity contribution in [2.24, 2.45) is 0 Å². The first kappa shape index (κ1) is 15.6. The van der Waals surface area contributed by atoms with Crippen LogP contribution in [-0.2, 0) is 16.2 Å². The third-order valence-corrected chi connectivity index (χ3v) is 5.22. The van der Waals surface area contributed by atoms with Gasteiger partial charge in [-0.25, -0.2) is 12.8 Å². The lowest BCUT2D eigenvalue weighted by molar-refractivity contribution is -0.137. The van der Waals surface area contributed by atoms with Crippen LogP contribution < -0.4 is 10.5 Å². The smallest absolute Gasteiger partial charge is 0.398 e. The van der Waals surface area contributed by atoms with Gasteiger partial charge in [-0.05, 0) is 24.3 Å². The zero-order valence-electron chi connectivity index (χ0n) is 10.1. The number of rotatable bonds is 3. The van der Waals surface area contributed by atoms with Crippen LogP contribution in [0.15, 0.2) is 33.9 Å². The summed E-state index contributed by atoms with van der Waals surface area (Å²) >= 11 is 0.771. The molecule has 3 N–H and O–H groups in total. The minimum Gasteiger partial charge on any atom is -0.398 e. The van der Waals surface area contributed by atoms with Crippen molar-refractivity contribution < 1.29 is 26.0 Å². The number of nitrogens with two attached hydrogens (primary N) is 1. The first-order valence-corrected chi connectivity index (χ1v) is 7.69. The molecule has 114 valence electrons. The van der Waals surface area contributed by atoms with Gasteiger partial charge in [0.05, 0.1) is 11.3 Å². The second-order valence-corrected chi connectivity index (χ2v) is 6.82. The molecule has 0 fully saturated rings. The number of halogens is 4. The highest BCUT2D eigenvalue weighted by atomic mass is 32.2. The Balaban J connectivity index is 2.39. The molecule has 0 atom stereocenters. The molecule has 2 aromatic rings. The molecule has 0 bridgehead atoms. The Morgan fingerprint density at radius 1 is 1.19 bits per heavy atom.